The zero-order valence-corrected chi connectivity index (χ0v) is 15.8. The highest BCUT2D eigenvalue weighted by molar-refractivity contribution is 6.01. The molecule has 0 aromatic rings. The van der Waals surface area contributed by atoms with Crippen LogP contribution < -0.4 is 0 Å². The molecule has 10 heteroatoms. The molecule has 0 bridgehead atoms. The van der Waals surface area contributed by atoms with E-state index in [2.05, 4.69) is 0 Å². The number of rotatable bonds is 2. The van der Waals surface area contributed by atoms with Gasteiger partial charge in [-0.15, -0.1) is 0 Å². The van der Waals surface area contributed by atoms with Crippen molar-refractivity contribution in [3.8, 4) is 0 Å². The lowest BCUT2D eigenvalue weighted by molar-refractivity contribution is -0.137. The lowest BCUT2D eigenvalue weighted by atomic mass is 10.1. The number of amides is 4. The van der Waals surface area contributed by atoms with Gasteiger partial charge in [0, 0.05) is 6.42 Å². The first-order valence-electron chi connectivity index (χ1n) is 8.13. The van der Waals surface area contributed by atoms with Gasteiger partial charge in [0.15, 0.2) is 0 Å². The molecule has 1 heterocycles. The van der Waals surface area contributed by atoms with Gasteiger partial charge in [-0.05, 0) is 48.0 Å². The number of ether oxygens (including phenoxy) is 2. The number of hydrogen-bond acceptors (Lipinski definition) is 5. The molecule has 0 radical (unpaired) electrons. The fourth-order valence-corrected chi connectivity index (χ4v) is 2.22. The number of imide groups is 2. The minimum atomic E-state index is -4.46. The number of carbonyl (C=O) groups excluding carboxylic acids is 3. The number of alkyl halides is 3. The molecule has 0 saturated carbocycles. The Labute approximate surface area is 150 Å². The topological polar surface area (TPSA) is 76.2 Å². The average Bonchev–Trinajstić information content (AvgIpc) is 2.68. The van der Waals surface area contributed by atoms with E-state index in [9.17, 15) is 27.6 Å². The van der Waals surface area contributed by atoms with Crippen molar-refractivity contribution in [2.45, 2.75) is 77.8 Å². The zero-order chi connectivity index (χ0) is 20.5. The molecule has 26 heavy (non-hydrogen) atoms. The summed E-state index contributed by atoms with van der Waals surface area (Å²) in [6.07, 6.45) is -8.31. The van der Waals surface area contributed by atoms with E-state index in [0.29, 0.717) is 9.80 Å². The first-order valence-corrected chi connectivity index (χ1v) is 8.13. The maximum atomic E-state index is 12.6. The second-order valence-corrected chi connectivity index (χ2v) is 8.03. The molecule has 1 atom stereocenters. The van der Waals surface area contributed by atoms with E-state index in [0.717, 1.165) is 0 Å². The fourth-order valence-electron chi connectivity index (χ4n) is 2.22. The Kier molecular flexibility index (Phi) is 6.20. The van der Waals surface area contributed by atoms with E-state index in [1.807, 2.05) is 0 Å². The molecule has 1 saturated heterocycles. The van der Waals surface area contributed by atoms with Gasteiger partial charge in [-0.2, -0.15) is 13.2 Å². The van der Waals surface area contributed by atoms with Crippen LogP contribution in [0.1, 0.15) is 54.4 Å². The third-order valence-electron chi connectivity index (χ3n) is 3.16. The minimum absolute atomic E-state index is 0.386. The molecule has 1 unspecified atom stereocenters. The highest BCUT2D eigenvalue weighted by Crippen LogP contribution is 2.29. The van der Waals surface area contributed by atoms with Crippen molar-refractivity contribution in [2.24, 2.45) is 0 Å². The predicted octanol–water partition coefficient (Wildman–Crippen LogP) is 4.31. The van der Waals surface area contributed by atoms with Gasteiger partial charge in [-0.1, -0.05) is 0 Å². The van der Waals surface area contributed by atoms with Crippen LogP contribution in [-0.4, -0.2) is 58.0 Å². The Morgan fingerprint density at radius 2 is 1.46 bits per heavy atom. The summed E-state index contributed by atoms with van der Waals surface area (Å²) in [6, 6.07) is -2.20. The number of halogens is 3. The second kappa shape index (κ2) is 7.32. The second-order valence-electron chi connectivity index (χ2n) is 8.03. The maximum Gasteiger partial charge on any atom is 0.418 e. The van der Waals surface area contributed by atoms with Crippen LogP contribution in [0.3, 0.4) is 0 Å². The third kappa shape index (κ3) is 6.72. The lowest BCUT2D eigenvalue weighted by Crippen LogP contribution is -2.44. The molecule has 0 aromatic carbocycles. The Balaban J connectivity index is 3.02. The molecule has 1 aliphatic rings. The summed E-state index contributed by atoms with van der Waals surface area (Å²) < 4.78 is 47.8. The molecule has 0 spiro atoms. The minimum Gasteiger partial charge on any atom is -0.443 e. The maximum absolute atomic E-state index is 12.6. The van der Waals surface area contributed by atoms with Crippen LogP contribution in [0.2, 0.25) is 0 Å². The lowest BCUT2D eigenvalue weighted by Gasteiger charge is -2.26. The van der Waals surface area contributed by atoms with Gasteiger partial charge in [-0.3, -0.25) is 0 Å². The number of urea groups is 1. The van der Waals surface area contributed by atoms with Crippen molar-refractivity contribution in [1.29, 1.82) is 0 Å². The van der Waals surface area contributed by atoms with Crippen LogP contribution in [0.4, 0.5) is 27.6 Å². The highest BCUT2D eigenvalue weighted by atomic mass is 19.4. The van der Waals surface area contributed by atoms with Crippen LogP contribution in [0.25, 0.3) is 0 Å². The summed E-state index contributed by atoms with van der Waals surface area (Å²) in [6.45, 7) is 9.03. The van der Waals surface area contributed by atoms with Gasteiger partial charge in [-0.25, -0.2) is 24.2 Å². The van der Waals surface area contributed by atoms with E-state index in [-0.39, 0.29) is 6.54 Å². The quantitative estimate of drug-likeness (QED) is 0.711. The van der Waals surface area contributed by atoms with Crippen LogP contribution in [0.15, 0.2) is 0 Å². The van der Waals surface area contributed by atoms with Crippen molar-refractivity contribution in [3.63, 3.8) is 0 Å². The number of nitrogens with zero attached hydrogens (tertiary/aromatic N) is 2. The van der Waals surface area contributed by atoms with Gasteiger partial charge >= 0.3 is 24.4 Å². The molecule has 0 aromatic heterocycles. The standard InChI is InChI=1S/C16H25F3N2O5/c1-14(2,3)25-12(23)20-9-10(7-8-16(17,18)19)21(11(20)22)13(24)26-15(4,5)6/h10H,7-9H2,1-6H3. The molecule has 1 aliphatic heterocycles. The smallest absolute Gasteiger partial charge is 0.418 e. The van der Waals surface area contributed by atoms with Crippen molar-refractivity contribution in [3.05, 3.63) is 0 Å². The van der Waals surface area contributed by atoms with Crippen molar-refractivity contribution in [2.75, 3.05) is 6.54 Å². The van der Waals surface area contributed by atoms with Gasteiger partial charge in [0.05, 0.1) is 12.6 Å². The van der Waals surface area contributed by atoms with E-state index in [1.165, 1.54) is 0 Å². The molecule has 0 aliphatic carbocycles. The van der Waals surface area contributed by atoms with E-state index < -0.39 is 54.5 Å². The summed E-state index contributed by atoms with van der Waals surface area (Å²) in [5.74, 6) is 0. The van der Waals surface area contributed by atoms with Gasteiger partial charge in [0.25, 0.3) is 0 Å². The van der Waals surface area contributed by atoms with Crippen LogP contribution >= 0.6 is 0 Å². The first kappa shape index (κ1) is 22.0. The Hall–Kier alpha value is -2.00. The molecular weight excluding hydrogens is 357 g/mol. The van der Waals surface area contributed by atoms with Crippen molar-refractivity contribution in [1.82, 2.24) is 9.80 Å². The van der Waals surface area contributed by atoms with Gasteiger partial charge < -0.3 is 9.47 Å². The normalized spacial score (nSPS) is 19.0. The van der Waals surface area contributed by atoms with E-state index in [1.54, 1.807) is 41.5 Å². The van der Waals surface area contributed by atoms with Gasteiger partial charge in [0.1, 0.15) is 11.2 Å². The van der Waals surface area contributed by atoms with Crippen LogP contribution in [-0.2, 0) is 9.47 Å². The molecule has 4 amide bonds. The molecule has 1 fully saturated rings. The fraction of sp³-hybridized carbons (Fsp3) is 0.812. The summed E-state index contributed by atoms with van der Waals surface area (Å²) >= 11 is 0. The van der Waals surface area contributed by atoms with E-state index >= 15 is 0 Å². The molecule has 150 valence electrons. The average molecular weight is 382 g/mol. The first-order chi connectivity index (χ1) is 11.5. The van der Waals surface area contributed by atoms with Crippen molar-refractivity contribution < 1.29 is 37.0 Å². The largest absolute Gasteiger partial charge is 0.443 e. The molecular formula is C16H25F3N2O5. The van der Waals surface area contributed by atoms with E-state index in [4.69, 9.17) is 9.47 Å². The number of hydrogen-bond donors (Lipinski definition) is 0. The Morgan fingerprint density at radius 3 is 1.88 bits per heavy atom. The summed E-state index contributed by atoms with van der Waals surface area (Å²) in [5.41, 5.74) is -1.86. The zero-order valence-electron chi connectivity index (χ0n) is 15.8. The van der Waals surface area contributed by atoms with Crippen LogP contribution in [0.5, 0.6) is 0 Å². The van der Waals surface area contributed by atoms with Gasteiger partial charge in [0.2, 0.25) is 0 Å². The monoisotopic (exact) mass is 382 g/mol. The summed E-state index contributed by atoms with van der Waals surface area (Å²) in [5, 5.41) is 0. The highest BCUT2D eigenvalue weighted by Gasteiger charge is 2.48. The SMILES string of the molecule is CC(C)(C)OC(=O)N1CC(CCC(F)(F)F)N(C(=O)OC(C)(C)C)C1=O. The van der Waals surface area contributed by atoms with Crippen molar-refractivity contribution >= 4 is 18.2 Å². The Bertz CT molecular complexity index is 564. The number of carbonyl (C=O) groups is 3. The Morgan fingerprint density at radius 1 is 1.00 bits per heavy atom. The molecule has 0 N–H and O–H groups in total. The summed E-state index contributed by atoms with van der Waals surface area (Å²) in [7, 11) is 0. The third-order valence-corrected chi connectivity index (χ3v) is 3.16. The summed E-state index contributed by atoms with van der Waals surface area (Å²) in [4.78, 5) is 38.1. The van der Waals surface area contributed by atoms with Crippen LogP contribution in [0, 0.1) is 0 Å². The molecule has 1 rings (SSSR count). The predicted molar refractivity (Wildman–Crippen MR) is 85.5 cm³/mol. The molecule has 7 nitrogen and oxygen atoms in total.